The number of aromatic amines is 1. The number of aromatic nitrogens is 1. The van der Waals surface area contributed by atoms with E-state index in [0.29, 0.717) is 21.8 Å². The number of nitrogens with two attached hydrogens (primary N) is 1. The number of benzene rings is 2. The Morgan fingerprint density at radius 1 is 1.25 bits per heavy atom. The number of carbonyl (C=O) groups is 1. The van der Waals surface area contributed by atoms with Crippen molar-refractivity contribution in [1.82, 2.24) is 4.98 Å². The molecule has 100 valence electrons. The number of carbonyl (C=O) groups excluding carboxylic acids is 1. The molecule has 0 saturated heterocycles. The van der Waals surface area contributed by atoms with Gasteiger partial charge in [-0.1, -0.05) is 39.7 Å². The lowest BCUT2D eigenvalue weighted by atomic mass is 10.0. The van der Waals surface area contributed by atoms with Crippen molar-refractivity contribution in [2.45, 2.75) is 0 Å². The lowest BCUT2D eigenvalue weighted by molar-refractivity contribution is 0.104. The first-order chi connectivity index (χ1) is 9.56. The molecule has 3 aromatic rings. The van der Waals surface area contributed by atoms with E-state index in [4.69, 9.17) is 17.3 Å². The molecule has 0 saturated carbocycles. The molecular formula is C15H10BrClN2O. The highest BCUT2D eigenvalue weighted by molar-refractivity contribution is 9.10. The fourth-order valence-corrected chi connectivity index (χ4v) is 2.94. The number of ketones is 1. The first kappa shape index (κ1) is 13.2. The third-order valence-corrected chi connectivity index (χ3v) is 3.86. The van der Waals surface area contributed by atoms with Gasteiger partial charge in [0.25, 0.3) is 0 Å². The van der Waals surface area contributed by atoms with Crippen molar-refractivity contribution in [1.29, 1.82) is 0 Å². The maximum Gasteiger partial charge on any atom is 0.195 e. The number of hydrogen-bond donors (Lipinski definition) is 2. The van der Waals surface area contributed by atoms with E-state index >= 15 is 0 Å². The Kier molecular flexibility index (Phi) is 3.28. The predicted molar refractivity (Wildman–Crippen MR) is 85.3 cm³/mol. The average Bonchev–Trinajstić information content (AvgIpc) is 2.82. The number of halogens is 2. The minimum atomic E-state index is -0.0912. The van der Waals surface area contributed by atoms with Crippen molar-refractivity contribution in [3.8, 4) is 0 Å². The minimum Gasteiger partial charge on any atom is -0.399 e. The van der Waals surface area contributed by atoms with Gasteiger partial charge in [0.05, 0.1) is 10.5 Å². The van der Waals surface area contributed by atoms with E-state index < -0.39 is 0 Å². The van der Waals surface area contributed by atoms with Gasteiger partial charge in [-0.25, -0.2) is 0 Å². The molecule has 0 fully saturated rings. The summed E-state index contributed by atoms with van der Waals surface area (Å²) in [7, 11) is 0. The molecule has 3 rings (SSSR count). The standard InChI is InChI=1S/C15H10BrClN2O/c16-9-4-8(5-10(18)6-9)15(20)12-7-19-14-11(12)2-1-3-13(14)17/h1-7,19H,18H2. The van der Waals surface area contributed by atoms with Crippen molar-refractivity contribution in [3.05, 3.63) is 63.2 Å². The molecule has 1 heterocycles. The Labute approximate surface area is 128 Å². The Morgan fingerprint density at radius 2 is 2.05 bits per heavy atom. The van der Waals surface area contributed by atoms with Crippen molar-refractivity contribution >= 4 is 49.9 Å². The van der Waals surface area contributed by atoms with Gasteiger partial charge in [-0.15, -0.1) is 0 Å². The van der Waals surface area contributed by atoms with Crippen molar-refractivity contribution in [3.63, 3.8) is 0 Å². The topological polar surface area (TPSA) is 58.9 Å². The molecule has 0 aliphatic carbocycles. The molecule has 5 heteroatoms. The summed E-state index contributed by atoms with van der Waals surface area (Å²) in [5.41, 5.74) is 8.21. The molecule has 0 radical (unpaired) electrons. The van der Waals surface area contributed by atoms with Crippen molar-refractivity contribution < 1.29 is 4.79 Å². The number of anilines is 1. The van der Waals surface area contributed by atoms with E-state index in [-0.39, 0.29) is 5.78 Å². The summed E-state index contributed by atoms with van der Waals surface area (Å²) < 4.78 is 0.777. The van der Waals surface area contributed by atoms with Gasteiger partial charge in [0.2, 0.25) is 0 Å². The SMILES string of the molecule is Nc1cc(Br)cc(C(=O)c2c[nH]c3c(Cl)cccc23)c1. The summed E-state index contributed by atoms with van der Waals surface area (Å²) in [6.45, 7) is 0. The molecule has 0 amide bonds. The van der Waals surface area contributed by atoms with Crippen LogP contribution in [-0.4, -0.2) is 10.8 Å². The Balaban J connectivity index is 2.15. The molecule has 0 aliphatic rings. The molecule has 1 aromatic heterocycles. The lowest BCUT2D eigenvalue weighted by Gasteiger charge is -2.03. The van der Waals surface area contributed by atoms with E-state index in [0.717, 1.165) is 15.4 Å². The average molecular weight is 350 g/mol. The number of para-hydroxylation sites is 1. The van der Waals surface area contributed by atoms with Crippen LogP contribution in [0.2, 0.25) is 5.02 Å². The van der Waals surface area contributed by atoms with Gasteiger partial charge < -0.3 is 10.7 Å². The van der Waals surface area contributed by atoms with Gasteiger partial charge in [-0.3, -0.25) is 4.79 Å². The van der Waals surface area contributed by atoms with Gasteiger partial charge in [0, 0.05) is 32.9 Å². The van der Waals surface area contributed by atoms with E-state index in [2.05, 4.69) is 20.9 Å². The highest BCUT2D eigenvalue weighted by atomic mass is 79.9. The number of nitrogen functional groups attached to an aromatic ring is 1. The van der Waals surface area contributed by atoms with Crippen LogP contribution in [0.1, 0.15) is 15.9 Å². The summed E-state index contributed by atoms with van der Waals surface area (Å²) in [4.78, 5) is 15.6. The second kappa shape index (κ2) is 4.96. The maximum atomic E-state index is 12.6. The Hall–Kier alpha value is -1.78. The van der Waals surface area contributed by atoms with Crippen LogP contribution in [0.15, 0.2) is 47.1 Å². The van der Waals surface area contributed by atoms with Gasteiger partial charge in [0.1, 0.15) is 0 Å². The number of H-pyrrole nitrogens is 1. The molecule has 0 atom stereocenters. The Bertz CT molecular complexity index is 806. The van der Waals surface area contributed by atoms with Crippen LogP contribution in [-0.2, 0) is 0 Å². The summed E-state index contributed by atoms with van der Waals surface area (Å²) in [6.07, 6.45) is 1.68. The van der Waals surface area contributed by atoms with Gasteiger partial charge in [0.15, 0.2) is 5.78 Å². The highest BCUT2D eigenvalue weighted by Crippen LogP contribution is 2.28. The number of fused-ring (bicyclic) bond motifs is 1. The van der Waals surface area contributed by atoms with E-state index in [9.17, 15) is 4.79 Å². The van der Waals surface area contributed by atoms with Crippen LogP contribution in [0.3, 0.4) is 0 Å². The summed E-state index contributed by atoms with van der Waals surface area (Å²) in [5.74, 6) is -0.0912. The molecule has 0 spiro atoms. The molecular weight excluding hydrogens is 340 g/mol. The predicted octanol–water partition coefficient (Wildman–Crippen LogP) is 4.40. The normalized spacial score (nSPS) is 10.9. The van der Waals surface area contributed by atoms with Gasteiger partial charge in [-0.05, 0) is 24.3 Å². The van der Waals surface area contributed by atoms with Crippen LogP contribution < -0.4 is 5.73 Å². The van der Waals surface area contributed by atoms with Crippen LogP contribution in [0.4, 0.5) is 5.69 Å². The number of nitrogens with one attached hydrogen (secondary N) is 1. The quantitative estimate of drug-likeness (QED) is 0.532. The molecule has 0 bridgehead atoms. The molecule has 2 aromatic carbocycles. The second-order valence-corrected chi connectivity index (χ2v) is 5.79. The van der Waals surface area contributed by atoms with E-state index in [1.54, 1.807) is 30.5 Å². The molecule has 0 unspecified atom stereocenters. The lowest BCUT2D eigenvalue weighted by Crippen LogP contribution is -2.01. The molecule has 3 nitrogen and oxygen atoms in total. The zero-order chi connectivity index (χ0) is 14.3. The first-order valence-corrected chi connectivity index (χ1v) is 7.10. The molecule has 0 aliphatic heterocycles. The zero-order valence-electron chi connectivity index (χ0n) is 10.3. The van der Waals surface area contributed by atoms with Crippen LogP contribution in [0.5, 0.6) is 0 Å². The number of hydrogen-bond acceptors (Lipinski definition) is 2. The fourth-order valence-electron chi connectivity index (χ4n) is 2.20. The van der Waals surface area contributed by atoms with Gasteiger partial charge >= 0.3 is 0 Å². The van der Waals surface area contributed by atoms with Crippen LogP contribution in [0.25, 0.3) is 10.9 Å². The summed E-state index contributed by atoms with van der Waals surface area (Å²) in [6, 6.07) is 10.6. The van der Waals surface area contributed by atoms with Crippen LogP contribution in [0, 0.1) is 0 Å². The molecule has 20 heavy (non-hydrogen) atoms. The summed E-state index contributed by atoms with van der Waals surface area (Å²) >= 11 is 9.45. The molecule has 3 N–H and O–H groups in total. The van der Waals surface area contributed by atoms with Crippen LogP contribution >= 0.6 is 27.5 Å². The third kappa shape index (κ3) is 2.21. The largest absolute Gasteiger partial charge is 0.399 e. The number of rotatable bonds is 2. The van der Waals surface area contributed by atoms with Gasteiger partial charge in [-0.2, -0.15) is 0 Å². The minimum absolute atomic E-state index is 0.0912. The Morgan fingerprint density at radius 3 is 2.80 bits per heavy atom. The zero-order valence-corrected chi connectivity index (χ0v) is 12.6. The fraction of sp³-hybridized carbons (Fsp3) is 0. The first-order valence-electron chi connectivity index (χ1n) is 5.92. The monoisotopic (exact) mass is 348 g/mol. The third-order valence-electron chi connectivity index (χ3n) is 3.09. The van der Waals surface area contributed by atoms with Crippen molar-refractivity contribution in [2.24, 2.45) is 0 Å². The van der Waals surface area contributed by atoms with E-state index in [1.807, 2.05) is 12.1 Å². The van der Waals surface area contributed by atoms with Crippen molar-refractivity contribution in [2.75, 3.05) is 5.73 Å². The second-order valence-electron chi connectivity index (χ2n) is 4.47. The smallest absolute Gasteiger partial charge is 0.195 e. The highest BCUT2D eigenvalue weighted by Gasteiger charge is 2.16. The summed E-state index contributed by atoms with van der Waals surface area (Å²) in [5, 5.41) is 1.40. The van der Waals surface area contributed by atoms with E-state index in [1.165, 1.54) is 0 Å². The maximum absolute atomic E-state index is 12.6.